The molecule has 0 spiro atoms. The zero-order chi connectivity index (χ0) is 14.6. The highest BCUT2D eigenvalue weighted by Gasteiger charge is 2.41. The van der Waals surface area contributed by atoms with Gasteiger partial charge in [-0.15, -0.1) is 0 Å². The van der Waals surface area contributed by atoms with Crippen molar-refractivity contribution < 1.29 is 22.3 Å². The maximum atomic E-state index is 12.6. The van der Waals surface area contributed by atoms with Crippen LogP contribution in [0, 0.1) is 0 Å². The van der Waals surface area contributed by atoms with E-state index in [1.165, 1.54) is 12.1 Å². The Morgan fingerprint density at radius 1 is 1.21 bits per heavy atom. The summed E-state index contributed by atoms with van der Waals surface area (Å²) in [5.41, 5.74) is 6.17. The average molecular weight is 320 g/mol. The van der Waals surface area contributed by atoms with Gasteiger partial charge in [0.25, 0.3) is 0 Å². The van der Waals surface area contributed by atoms with Crippen LogP contribution in [0.15, 0.2) is 18.2 Å². The van der Waals surface area contributed by atoms with Crippen molar-refractivity contribution in [1.82, 2.24) is 0 Å². The lowest BCUT2D eigenvalue weighted by molar-refractivity contribution is -0.166. The quantitative estimate of drug-likeness (QED) is 0.807. The van der Waals surface area contributed by atoms with Gasteiger partial charge in [0, 0.05) is 0 Å². The van der Waals surface area contributed by atoms with Crippen LogP contribution in [0.1, 0.15) is 11.6 Å². The largest absolute Gasteiger partial charge is 0.373 e. The second kappa shape index (κ2) is 6.74. The zero-order valence-corrected chi connectivity index (χ0v) is 11.1. The Morgan fingerprint density at radius 2 is 1.84 bits per heavy atom. The number of benzene rings is 1. The second-order valence-electron chi connectivity index (χ2n) is 3.86. The number of ether oxygens (including phenoxy) is 1. The minimum absolute atomic E-state index is 0.257. The monoisotopic (exact) mass is 319 g/mol. The summed E-state index contributed by atoms with van der Waals surface area (Å²) in [7, 11) is 0. The van der Waals surface area contributed by atoms with Gasteiger partial charge in [0.05, 0.1) is 22.7 Å². The van der Waals surface area contributed by atoms with Crippen LogP contribution in [0.5, 0.6) is 0 Å². The first-order valence-electron chi connectivity index (χ1n) is 5.18. The second-order valence-corrected chi connectivity index (χ2v) is 4.67. The highest BCUT2D eigenvalue weighted by atomic mass is 35.5. The first-order chi connectivity index (χ1) is 8.74. The summed E-state index contributed by atoms with van der Waals surface area (Å²) in [6.07, 6.45) is -3.77. The molecule has 0 bridgehead atoms. The smallest absolute Gasteiger partial charge is 0.330 e. The summed E-state index contributed by atoms with van der Waals surface area (Å²) < 4.78 is 53.4. The molecule has 2 N–H and O–H groups in total. The molecule has 19 heavy (non-hydrogen) atoms. The van der Waals surface area contributed by atoms with Crippen LogP contribution >= 0.6 is 23.2 Å². The van der Waals surface area contributed by atoms with E-state index in [0.29, 0.717) is 10.6 Å². The van der Waals surface area contributed by atoms with Gasteiger partial charge in [0.1, 0.15) is 6.61 Å². The van der Waals surface area contributed by atoms with E-state index in [0.717, 1.165) is 0 Å². The third kappa shape index (κ3) is 4.80. The highest BCUT2D eigenvalue weighted by Crippen LogP contribution is 2.26. The predicted octanol–water partition coefficient (Wildman–Crippen LogP) is 3.91. The van der Waals surface area contributed by atoms with E-state index in [4.69, 9.17) is 28.9 Å². The SMILES string of the molecule is NC(COCC(F)(F)C(F)F)c1ccc(Cl)c(Cl)c1. The van der Waals surface area contributed by atoms with Crippen LogP contribution in [0.25, 0.3) is 0 Å². The van der Waals surface area contributed by atoms with Gasteiger partial charge in [0.2, 0.25) is 0 Å². The van der Waals surface area contributed by atoms with E-state index in [1.807, 2.05) is 0 Å². The summed E-state index contributed by atoms with van der Waals surface area (Å²) in [4.78, 5) is 0. The number of hydrogen-bond acceptors (Lipinski definition) is 2. The Labute approximate surface area is 117 Å². The molecule has 0 aliphatic carbocycles. The maximum absolute atomic E-state index is 12.6. The summed E-state index contributed by atoms with van der Waals surface area (Å²) >= 11 is 11.5. The number of halogens is 6. The molecular weight excluding hydrogens is 309 g/mol. The van der Waals surface area contributed by atoms with Crippen molar-refractivity contribution in [2.75, 3.05) is 13.2 Å². The third-order valence-corrected chi connectivity index (χ3v) is 3.02. The first kappa shape index (κ1) is 16.5. The number of rotatable bonds is 6. The van der Waals surface area contributed by atoms with Crippen LogP contribution < -0.4 is 5.73 Å². The lowest BCUT2D eigenvalue weighted by Gasteiger charge is -2.18. The van der Waals surface area contributed by atoms with Crippen molar-refractivity contribution in [2.45, 2.75) is 18.4 Å². The molecule has 0 aliphatic rings. The molecule has 0 saturated heterocycles. The Hall–Kier alpha value is -0.560. The summed E-state index contributed by atoms with van der Waals surface area (Å²) in [5, 5.41) is 0.579. The van der Waals surface area contributed by atoms with Crippen molar-refractivity contribution in [3.63, 3.8) is 0 Å². The van der Waals surface area contributed by atoms with Crippen molar-refractivity contribution in [3.8, 4) is 0 Å². The van der Waals surface area contributed by atoms with Crippen LogP contribution in [0.3, 0.4) is 0 Å². The predicted molar refractivity (Wildman–Crippen MR) is 65.2 cm³/mol. The Balaban J connectivity index is 2.52. The molecule has 8 heteroatoms. The summed E-state index contributed by atoms with van der Waals surface area (Å²) in [6.45, 7) is -1.72. The van der Waals surface area contributed by atoms with E-state index in [9.17, 15) is 17.6 Å². The minimum Gasteiger partial charge on any atom is -0.373 e. The van der Waals surface area contributed by atoms with Gasteiger partial charge >= 0.3 is 12.3 Å². The number of hydrogen-bond donors (Lipinski definition) is 1. The topological polar surface area (TPSA) is 35.2 Å². The van der Waals surface area contributed by atoms with E-state index in [2.05, 4.69) is 4.74 Å². The lowest BCUT2D eigenvalue weighted by atomic mass is 10.1. The van der Waals surface area contributed by atoms with Crippen LogP contribution in [0.2, 0.25) is 10.0 Å². The fourth-order valence-corrected chi connectivity index (χ4v) is 1.53. The molecule has 1 unspecified atom stereocenters. The van der Waals surface area contributed by atoms with Crippen LogP contribution in [0.4, 0.5) is 17.6 Å². The fraction of sp³-hybridized carbons (Fsp3) is 0.455. The van der Waals surface area contributed by atoms with Gasteiger partial charge in [-0.25, -0.2) is 8.78 Å². The fourth-order valence-electron chi connectivity index (χ4n) is 1.22. The molecule has 1 rings (SSSR count). The molecule has 2 nitrogen and oxygen atoms in total. The van der Waals surface area contributed by atoms with Gasteiger partial charge in [-0.1, -0.05) is 29.3 Å². The molecule has 0 aromatic heterocycles. The standard InChI is InChI=1S/C11H11Cl2F4NO/c12-7-2-1-6(3-8(7)13)9(18)4-19-5-11(16,17)10(14)15/h1-3,9-10H,4-5,18H2. The van der Waals surface area contributed by atoms with Gasteiger partial charge in [-0.3, -0.25) is 0 Å². The summed E-state index contributed by atoms with van der Waals surface area (Å²) in [5.74, 6) is -4.18. The Bertz CT molecular complexity index is 431. The molecule has 0 saturated carbocycles. The summed E-state index contributed by atoms with van der Waals surface area (Å²) in [6, 6.07) is 3.74. The maximum Gasteiger partial charge on any atom is 0.330 e. The zero-order valence-electron chi connectivity index (χ0n) is 9.55. The van der Waals surface area contributed by atoms with Crippen LogP contribution in [-0.2, 0) is 4.74 Å². The normalized spacial score (nSPS) is 13.9. The minimum atomic E-state index is -4.18. The van der Waals surface area contributed by atoms with E-state index < -0.39 is 25.0 Å². The molecule has 108 valence electrons. The van der Waals surface area contributed by atoms with Crippen LogP contribution in [-0.4, -0.2) is 25.6 Å². The highest BCUT2D eigenvalue weighted by molar-refractivity contribution is 6.42. The van der Waals surface area contributed by atoms with E-state index in [1.54, 1.807) is 6.07 Å². The molecule has 1 aromatic carbocycles. The van der Waals surface area contributed by atoms with Gasteiger partial charge in [-0.05, 0) is 17.7 Å². The molecule has 0 amide bonds. The molecule has 0 radical (unpaired) electrons. The Kier molecular flexibility index (Phi) is 5.85. The molecule has 0 heterocycles. The van der Waals surface area contributed by atoms with Gasteiger partial charge < -0.3 is 10.5 Å². The van der Waals surface area contributed by atoms with Crippen molar-refractivity contribution in [2.24, 2.45) is 5.73 Å². The number of alkyl halides is 4. The van der Waals surface area contributed by atoms with Crippen molar-refractivity contribution >= 4 is 23.2 Å². The van der Waals surface area contributed by atoms with E-state index >= 15 is 0 Å². The molecular formula is C11H11Cl2F4NO. The lowest BCUT2D eigenvalue weighted by Crippen LogP contribution is -2.33. The van der Waals surface area contributed by atoms with Gasteiger partial charge in [-0.2, -0.15) is 8.78 Å². The average Bonchev–Trinajstić information content (AvgIpc) is 2.32. The van der Waals surface area contributed by atoms with Crippen molar-refractivity contribution in [3.05, 3.63) is 33.8 Å². The number of nitrogens with two attached hydrogens (primary N) is 1. The van der Waals surface area contributed by atoms with Crippen molar-refractivity contribution in [1.29, 1.82) is 0 Å². The molecule has 0 aliphatic heterocycles. The molecule has 1 aromatic rings. The van der Waals surface area contributed by atoms with Gasteiger partial charge in [0.15, 0.2) is 0 Å². The molecule has 0 fully saturated rings. The third-order valence-electron chi connectivity index (χ3n) is 2.28. The van der Waals surface area contributed by atoms with E-state index in [-0.39, 0.29) is 11.6 Å². The molecule has 1 atom stereocenters. The first-order valence-corrected chi connectivity index (χ1v) is 5.94. The Morgan fingerprint density at radius 3 is 2.37 bits per heavy atom.